The van der Waals surface area contributed by atoms with Crippen molar-refractivity contribution in [1.29, 1.82) is 0 Å². The second kappa shape index (κ2) is 11.8. The summed E-state index contributed by atoms with van der Waals surface area (Å²) in [5.41, 5.74) is 6.36. The summed E-state index contributed by atoms with van der Waals surface area (Å²) in [7, 11) is 1.61. The maximum Gasteiger partial charge on any atom is 0.251 e. The number of methoxy groups -OCH3 is 1. The van der Waals surface area contributed by atoms with Crippen LogP contribution in [0.3, 0.4) is 0 Å². The summed E-state index contributed by atoms with van der Waals surface area (Å²) in [6, 6.07) is 7.56. The Balaban J connectivity index is 0.00000364. The zero-order valence-corrected chi connectivity index (χ0v) is 16.8. The average molecular weight is 400 g/mol. The van der Waals surface area contributed by atoms with Crippen LogP contribution < -0.4 is 15.8 Å². The van der Waals surface area contributed by atoms with Crippen LogP contribution in [0.25, 0.3) is 0 Å². The molecule has 0 aromatic heterocycles. The summed E-state index contributed by atoms with van der Waals surface area (Å²) in [6.45, 7) is 4.05. The lowest BCUT2D eigenvalue weighted by Crippen LogP contribution is -2.48. The molecule has 2 rings (SSSR count). The van der Waals surface area contributed by atoms with E-state index in [0.29, 0.717) is 32.8 Å². The highest BCUT2D eigenvalue weighted by molar-refractivity contribution is 5.85. The Labute approximate surface area is 167 Å². The first-order valence-corrected chi connectivity index (χ1v) is 9.06. The number of nitrogens with zero attached hydrogens (tertiary/aromatic N) is 1. The standard InChI is InChI=1S/C19H29N3O4.ClH/c1-14(26-13-15-5-3-7-17(11-15)25-2)19(24)22-10-4-6-16(12-22)18(23)21-9-8-20;/h3,5,7,11,14,16H,4,6,8-10,12-13,20H2,1-2H3,(H,21,23);1H. The van der Waals surface area contributed by atoms with E-state index in [1.165, 1.54) is 0 Å². The van der Waals surface area contributed by atoms with Crippen molar-refractivity contribution < 1.29 is 19.1 Å². The van der Waals surface area contributed by atoms with E-state index in [9.17, 15) is 9.59 Å². The molecule has 1 aliphatic rings. The summed E-state index contributed by atoms with van der Waals surface area (Å²) in [5, 5.41) is 2.80. The van der Waals surface area contributed by atoms with Gasteiger partial charge < -0.3 is 25.4 Å². The van der Waals surface area contributed by atoms with Crippen molar-refractivity contribution in [2.75, 3.05) is 33.3 Å². The van der Waals surface area contributed by atoms with E-state index in [1.54, 1.807) is 18.9 Å². The molecular weight excluding hydrogens is 370 g/mol. The van der Waals surface area contributed by atoms with Crippen LogP contribution in [0.1, 0.15) is 25.3 Å². The monoisotopic (exact) mass is 399 g/mol. The highest BCUT2D eigenvalue weighted by Crippen LogP contribution is 2.19. The van der Waals surface area contributed by atoms with Crippen molar-refractivity contribution in [3.05, 3.63) is 29.8 Å². The molecule has 0 aliphatic carbocycles. The van der Waals surface area contributed by atoms with Gasteiger partial charge in [-0.25, -0.2) is 0 Å². The van der Waals surface area contributed by atoms with Crippen molar-refractivity contribution in [3.8, 4) is 5.75 Å². The van der Waals surface area contributed by atoms with Crippen LogP contribution in [0.2, 0.25) is 0 Å². The lowest BCUT2D eigenvalue weighted by atomic mass is 9.96. The molecule has 0 saturated carbocycles. The van der Waals surface area contributed by atoms with E-state index in [1.807, 2.05) is 24.3 Å². The van der Waals surface area contributed by atoms with Crippen LogP contribution in [0.15, 0.2) is 24.3 Å². The Bertz CT molecular complexity index is 614. The largest absolute Gasteiger partial charge is 0.497 e. The van der Waals surface area contributed by atoms with E-state index in [4.69, 9.17) is 15.2 Å². The second-order valence-corrected chi connectivity index (χ2v) is 6.51. The maximum atomic E-state index is 12.6. The number of carbonyl (C=O) groups is 2. The Morgan fingerprint density at radius 1 is 1.41 bits per heavy atom. The molecule has 1 heterocycles. The Kier molecular flexibility index (Phi) is 10.1. The van der Waals surface area contributed by atoms with Gasteiger partial charge in [0.15, 0.2) is 0 Å². The number of hydrogen-bond acceptors (Lipinski definition) is 5. The SMILES string of the molecule is COc1cccc(COC(C)C(=O)N2CCCC(C(=O)NCCN)C2)c1.Cl. The lowest BCUT2D eigenvalue weighted by Gasteiger charge is -2.33. The Morgan fingerprint density at radius 2 is 2.19 bits per heavy atom. The smallest absolute Gasteiger partial charge is 0.251 e. The minimum absolute atomic E-state index is 0. The molecule has 8 heteroatoms. The molecular formula is C19H30ClN3O4. The zero-order chi connectivity index (χ0) is 18.9. The predicted molar refractivity (Wildman–Crippen MR) is 106 cm³/mol. The number of nitrogens with one attached hydrogen (secondary N) is 1. The molecule has 1 aromatic carbocycles. The van der Waals surface area contributed by atoms with Gasteiger partial charge in [0.1, 0.15) is 11.9 Å². The third kappa shape index (κ3) is 7.01. The number of ether oxygens (including phenoxy) is 2. The molecule has 1 saturated heterocycles. The molecule has 2 amide bonds. The van der Waals surface area contributed by atoms with Gasteiger partial charge in [-0.3, -0.25) is 9.59 Å². The number of piperidine rings is 1. The molecule has 27 heavy (non-hydrogen) atoms. The fourth-order valence-electron chi connectivity index (χ4n) is 3.04. The van der Waals surface area contributed by atoms with E-state index in [2.05, 4.69) is 5.32 Å². The lowest BCUT2D eigenvalue weighted by molar-refractivity contribution is -0.146. The molecule has 0 spiro atoms. The summed E-state index contributed by atoms with van der Waals surface area (Å²) in [6.07, 6.45) is 1.04. The van der Waals surface area contributed by atoms with Gasteiger partial charge in [-0.2, -0.15) is 0 Å². The fourth-order valence-corrected chi connectivity index (χ4v) is 3.04. The van der Waals surface area contributed by atoms with Gasteiger partial charge in [-0.15, -0.1) is 12.4 Å². The van der Waals surface area contributed by atoms with Crippen LogP contribution >= 0.6 is 12.4 Å². The van der Waals surface area contributed by atoms with E-state index in [-0.39, 0.29) is 30.1 Å². The molecule has 152 valence electrons. The van der Waals surface area contributed by atoms with Crippen LogP contribution in [0.4, 0.5) is 0 Å². The van der Waals surface area contributed by atoms with Crippen molar-refractivity contribution in [1.82, 2.24) is 10.2 Å². The molecule has 2 atom stereocenters. The van der Waals surface area contributed by atoms with Crippen molar-refractivity contribution in [2.24, 2.45) is 11.7 Å². The number of hydrogen-bond donors (Lipinski definition) is 2. The Morgan fingerprint density at radius 3 is 2.89 bits per heavy atom. The molecule has 3 N–H and O–H groups in total. The number of halogens is 1. The third-order valence-electron chi connectivity index (χ3n) is 4.53. The summed E-state index contributed by atoms with van der Waals surface area (Å²) in [4.78, 5) is 26.5. The first kappa shape index (κ1) is 23.2. The van der Waals surface area contributed by atoms with Crippen LogP contribution in [-0.4, -0.2) is 56.1 Å². The number of amides is 2. The van der Waals surface area contributed by atoms with E-state index in [0.717, 1.165) is 24.2 Å². The van der Waals surface area contributed by atoms with Gasteiger partial charge in [0, 0.05) is 26.2 Å². The molecule has 1 fully saturated rings. The first-order chi connectivity index (χ1) is 12.5. The van der Waals surface area contributed by atoms with Gasteiger partial charge in [-0.1, -0.05) is 12.1 Å². The molecule has 7 nitrogen and oxygen atoms in total. The molecule has 0 bridgehead atoms. The fraction of sp³-hybridized carbons (Fsp3) is 0.579. The molecule has 2 unspecified atom stereocenters. The van der Waals surface area contributed by atoms with Gasteiger partial charge in [0.2, 0.25) is 5.91 Å². The minimum atomic E-state index is -0.563. The number of likely N-dealkylation sites (tertiary alicyclic amines) is 1. The van der Waals surface area contributed by atoms with Gasteiger partial charge >= 0.3 is 0 Å². The summed E-state index contributed by atoms with van der Waals surface area (Å²) in [5.74, 6) is 0.472. The van der Waals surface area contributed by atoms with Gasteiger partial charge in [-0.05, 0) is 37.5 Å². The highest BCUT2D eigenvalue weighted by Gasteiger charge is 2.30. The van der Waals surface area contributed by atoms with Crippen molar-refractivity contribution in [3.63, 3.8) is 0 Å². The molecule has 1 aromatic rings. The zero-order valence-electron chi connectivity index (χ0n) is 16.0. The van der Waals surface area contributed by atoms with Gasteiger partial charge in [0.05, 0.1) is 19.6 Å². The van der Waals surface area contributed by atoms with Crippen LogP contribution in [-0.2, 0) is 20.9 Å². The number of benzene rings is 1. The first-order valence-electron chi connectivity index (χ1n) is 9.06. The van der Waals surface area contributed by atoms with Crippen LogP contribution in [0, 0.1) is 5.92 Å². The van der Waals surface area contributed by atoms with Gasteiger partial charge in [0.25, 0.3) is 5.91 Å². The second-order valence-electron chi connectivity index (χ2n) is 6.51. The topological polar surface area (TPSA) is 93.9 Å². The minimum Gasteiger partial charge on any atom is -0.497 e. The average Bonchev–Trinajstić information content (AvgIpc) is 2.69. The van der Waals surface area contributed by atoms with Crippen LogP contribution in [0.5, 0.6) is 5.75 Å². The highest BCUT2D eigenvalue weighted by atomic mass is 35.5. The maximum absolute atomic E-state index is 12.6. The predicted octanol–water partition coefficient (Wildman–Crippen LogP) is 1.34. The summed E-state index contributed by atoms with van der Waals surface area (Å²) >= 11 is 0. The van der Waals surface area contributed by atoms with E-state index >= 15 is 0 Å². The number of nitrogens with two attached hydrogens (primary N) is 1. The third-order valence-corrected chi connectivity index (χ3v) is 4.53. The molecule has 1 aliphatic heterocycles. The summed E-state index contributed by atoms with van der Waals surface area (Å²) < 4.78 is 10.9. The Hall–Kier alpha value is -1.83. The van der Waals surface area contributed by atoms with E-state index < -0.39 is 6.10 Å². The molecule has 0 radical (unpaired) electrons. The normalized spacial score (nSPS) is 17.6. The number of rotatable bonds is 8. The van der Waals surface area contributed by atoms with Crippen molar-refractivity contribution >= 4 is 24.2 Å². The number of carbonyl (C=O) groups excluding carboxylic acids is 2. The van der Waals surface area contributed by atoms with Crippen molar-refractivity contribution in [2.45, 2.75) is 32.5 Å². The quantitative estimate of drug-likeness (QED) is 0.687.